The van der Waals surface area contributed by atoms with Gasteiger partial charge >= 0.3 is 0 Å². The van der Waals surface area contributed by atoms with E-state index in [4.69, 9.17) is 16.4 Å². The maximum atomic E-state index is 9.89. The van der Waals surface area contributed by atoms with Gasteiger partial charge in [0.1, 0.15) is 0 Å². The van der Waals surface area contributed by atoms with Crippen LogP contribution >= 0.6 is 0 Å². The molecule has 10 rings (SSSR count). The Bertz CT molecular complexity index is 4120. The highest BCUT2D eigenvalue weighted by atomic mass is 14.4. The maximum absolute atomic E-state index is 9.89. The van der Waals surface area contributed by atoms with Crippen molar-refractivity contribution in [2.75, 3.05) is 0 Å². The molecule has 0 bridgehead atoms. The van der Waals surface area contributed by atoms with E-state index in [1.54, 1.807) is 0 Å². The van der Waals surface area contributed by atoms with E-state index in [0.717, 1.165) is 0 Å². The highest BCUT2D eigenvalue weighted by molar-refractivity contribution is 6.25. The summed E-state index contributed by atoms with van der Waals surface area (Å²) in [5, 5.41) is -3.00. The van der Waals surface area contributed by atoms with Crippen molar-refractivity contribution < 1.29 is 35.6 Å². The Hall–Kier alpha value is -5.72. The lowest BCUT2D eigenvalue weighted by Gasteiger charge is -2.36. The lowest BCUT2D eigenvalue weighted by atomic mass is 9.67. The van der Waals surface area contributed by atoms with Crippen LogP contribution in [0.4, 0.5) is 0 Å². The molecular weight excluding hydrogens is 565 g/mol. The Kier molecular flexibility index (Phi) is 2.36. The Morgan fingerprint density at radius 2 is 0.957 bits per heavy atom. The van der Waals surface area contributed by atoms with Crippen LogP contribution in [-0.2, 0) is 5.41 Å². The van der Waals surface area contributed by atoms with E-state index >= 15 is 0 Å². The fourth-order valence-electron chi connectivity index (χ4n) is 6.47. The number of benzene rings is 9. The molecule has 0 aliphatic heterocycles. The number of fused-ring (bicyclic) bond motifs is 2. The largest absolute Gasteiger partial charge is 0.0636 e. The molecule has 0 saturated heterocycles. The van der Waals surface area contributed by atoms with Crippen LogP contribution in [0.3, 0.4) is 0 Å². The van der Waals surface area contributed by atoms with E-state index in [2.05, 4.69) is 0 Å². The number of rotatable bonds is 3. The van der Waals surface area contributed by atoms with Gasteiger partial charge in [0.25, 0.3) is 0 Å². The molecule has 0 fully saturated rings. The van der Waals surface area contributed by atoms with E-state index in [1.807, 2.05) is 0 Å². The van der Waals surface area contributed by atoms with E-state index in [9.17, 15) is 19.2 Å². The summed E-state index contributed by atoms with van der Waals surface area (Å²) in [6.07, 6.45) is 0. The number of hydrogen-bond donors (Lipinski definition) is 0. The second-order valence-corrected chi connectivity index (χ2v) is 11.6. The number of hydrogen-bond acceptors (Lipinski definition) is 0. The summed E-state index contributed by atoms with van der Waals surface area (Å²) in [5.41, 5.74) is -6.84. The molecule has 0 heteroatoms. The van der Waals surface area contributed by atoms with Crippen molar-refractivity contribution >= 4 is 43.1 Å². The summed E-state index contributed by atoms with van der Waals surface area (Å²) < 4.78 is 236. The van der Waals surface area contributed by atoms with Crippen LogP contribution in [0, 0.1) is 0 Å². The summed E-state index contributed by atoms with van der Waals surface area (Å²) >= 11 is 0. The standard InChI is InChI=1S/C47H32/c1-47(2)42-25-21-33(29-9-4-3-5-10-29)28-41(42)39-16-8-15-38-37(24-26-43(47)46(38)39)35-14-7-13-34(27-35)36-22-19-32-18-17-30-11-6-12-31-20-23-40(36)45(32)44(30)31/h3-28H,1-2H3/i3D,4D,5D,6D,7D,8D,9D,10D,11D,12D,13D,14D,15D,16D,17D,18D,19D,20D,21D,22D,23D,24D,25D,26D,27D,28D. The fraction of sp³-hybridized carbons (Fsp3) is 0.0638. The molecule has 0 atom stereocenters. The lowest BCUT2D eigenvalue weighted by molar-refractivity contribution is 0.645. The highest BCUT2D eigenvalue weighted by Crippen LogP contribution is 2.51. The first-order valence-electron chi connectivity index (χ1n) is 27.5. The minimum Gasteiger partial charge on any atom is -0.0622 e. The molecule has 220 valence electrons. The third-order valence-corrected chi connectivity index (χ3v) is 8.69. The molecule has 9 aromatic rings. The summed E-state index contributed by atoms with van der Waals surface area (Å²) in [4.78, 5) is 0. The van der Waals surface area contributed by atoms with Crippen molar-refractivity contribution in [2.45, 2.75) is 19.3 Å². The van der Waals surface area contributed by atoms with Gasteiger partial charge in [-0.1, -0.05) is 159 Å². The Morgan fingerprint density at radius 3 is 1.74 bits per heavy atom. The predicted octanol–water partition coefficient (Wildman–Crippen LogP) is 13.0. The molecule has 0 unspecified atom stereocenters. The van der Waals surface area contributed by atoms with Crippen LogP contribution in [0.2, 0.25) is 0 Å². The van der Waals surface area contributed by atoms with Crippen molar-refractivity contribution in [1.29, 1.82) is 0 Å². The van der Waals surface area contributed by atoms with E-state index in [0.29, 0.717) is 0 Å². The third-order valence-electron chi connectivity index (χ3n) is 8.69. The van der Waals surface area contributed by atoms with Crippen LogP contribution < -0.4 is 0 Å². The van der Waals surface area contributed by atoms with Crippen LogP contribution in [0.5, 0.6) is 0 Å². The van der Waals surface area contributed by atoms with Gasteiger partial charge < -0.3 is 0 Å². The van der Waals surface area contributed by atoms with Gasteiger partial charge in [0.05, 0.1) is 35.6 Å². The Morgan fingerprint density at radius 1 is 0.362 bits per heavy atom. The second kappa shape index (κ2) is 9.64. The monoisotopic (exact) mass is 622 g/mol. The first-order chi connectivity index (χ1) is 33.9. The fourth-order valence-corrected chi connectivity index (χ4v) is 6.47. The molecule has 0 spiro atoms. The second-order valence-electron chi connectivity index (χ2n) is 11.6. The predicted molar refractivity (Wildman–Crippen MR) is 202 cm³/mol. The van der Waals surface area contributed by atoms with Gasteiger partial charge in [-0.2, -0.15) is 0 Å². The van der Waals surface area contributed by atoms with Crippen molar-refractivity contribution in [2.24, 2.45) is 0 Å². The first-order valence-corrected chi connectivity index (χ1v) is 14.5. The lowest BCUT2D eigenvalue weighted by Crippen LogP contribution is -2.23. The molecule has 0 amide bonds. The molecule has 1 aliphatic carbocycles. The molecular formula is C47H32. The summed E-state index contributed by atoms with van der Waals surface area (Å²) in [6.45, 7) is 2.94. The zero-order valence-corrected chi connectivity index (χ0v) is 24.5. The first kappa shape index (κ1) is 11.5. The average Bonchev–Trinajstić information content (AvgIpc) is 3.33. The molecule has 0 heterocycles. The van der Waals surface area contributed by atoms with Crippen LogP contribution in [0.15, 0.2) is 157 Å². The zero-order chi connectivity index (χ0) is 53.9. The normalized spacial score (nSPS) is 21.2. The van der Waals surface area contributed by atoms with Gasteiger partial charge in [-0.3, -0.25) is 0 Å². The van der Waals surface area contributed by atoms with Gasteiger partial charge in [-0.25, -0.2) is 0 Å². The topological polar surface area (TPSA) is 0 Å². The van der Waals surface area contributed by atoms with Crippen LogP contribution in [0.25, 0.3) is 87.6 Å². The maximum Gasteiger partial charge on any atom is 0.0636 e. The van der Waals surface area contributed by atoms with E-state index in [1.165, 1.54) is 13.8 Å². The summed E-state index contributed by atoms with van der Waals surface area (Å²) in [7, 11) is 0. The minimum absolute atomic E-state index is 0.163. The third kappa shape index (κ3) is 3.76. The molecule has 1 aliphatic rings. The van der Waals surface area contributed by atoms with Crippen molar-refractivity contribution in [3.63, 3.8) is 0 Å². The van der Waals surface area contributed by atoms with Gasteiger partial charge in [-0.05, 0) is 111 Å². The van der Waals surface area contributed by atoms with Gasteiger partial charge in [-0.15, -0.1) is 0 Å². The quantitative estimate of drug-likeness (QED) is 0.172. The molecule has 0 saturated carbocycles. The molecule has 0 N–H and O–H groups in total. The smallest absolute Gasteiger partial charge is 0.0622 e. The van der Waals surface area contributed by atoms with Crippen molar-refractivity contribution in [3.8, 4) is 44.5 Å². The van der Waals surface area contributed by atoms with E-state index < -0.39 is 218 Å². The summed E-state index contributed by atoms with van der Waals surface area (Å²) in [5.74, 6) is 0. The van der Waals surface area contributed by atoms with Gasteiger partial charge in [0.15, 0.2) is 0 Å². The minimum atomic E-state index is -1.71. The molecule has 0 aromatic heterocycles. The molecule has 0 nitrogen and oxygen atoms in total. The van der Waals surface area contributed by atoms with Crippen molar-refractivity contribution in [1.82, 2.24) is 0 Å². The highest BCUT2D eigenvalue weighted by Gasteiger charge is 2.34. The SMILES string of the molecule is [2H]c1c([2H])c([2H])c(-c2c([2H])c([2H])c3c(c2[2H])-c2c([2H])c([2H])c([2H])c4c(-c5c([2H])c([2H])c([2H])c(-c6c([2H])c([2H])c7c([2H])c([2H])c8c([2H])c([2H])c([2H])c9c([2H])c([2H])c6c7c89)c5[2H])c([2H])c([2H])c(c24)C3(C)C)c([2H])c1[2H]. The van der Waals surface area contributed by atoms with Gasteiger partial charge in [0, 0.05) is 5.41 Å². The Labute approximate surface area is 311 Å². The molecule has 47 heavy (non-hydrogen) atoms. The molecule has 9 aromatic carbocycles. The average molecular weight is 623 g/mol. The Balaban J connectivity index is 1.41. The van der Waals surface area contributed by atoms with Crippen LogP contribution in [-0.4, -0.2) is 0 Å². The van der Waals surface area contributed by atoms with E-state index in [-0.39, 0.29) is 43.6 Å². The van der Waals surface area contributed by atoms with Crippen LogP contribution in [0.1, 0.15) is 60.6 Å². The van der Waals surface area contributed by atoms with Gasteiger partial charge in [0.2, 0.25) is 0 Å². The zero-order valence-electron chi connectivity index (χ0n) is 50.5. The molecule has 0 radical (unpaired) electrons. The summed E-state index contributed by atoms with van der Waals surface area (Å²) in [6, 6.07) is -20.7. The van der Waals surface area contributed by atoms with Crippen molar-refractivity contribution in [3.05, 3.63) is 168 Å².